The first-order chi connectivity index (χ1) is 26.3. The first-order valence-electron chi connectivity index (χ1n) is 17.8. The molecule has 1 fully saturated rings. The Bertz CT molecular complexity index is 1980. The minimum absolute atomic E-state index is 0.0223. The van der Waals surface area contributed by atoms with Crippen LogP contribution < -0.4 is 15.5 Å². The van der Waals surface area contributed by atoms with Crippen LogP contribution in [0.4, 0.5) is 23.3 Å². The van der Waals surface area contributed by atoms with Gasteiger partial charge in [0.25, 0.3) is 5.69 Å². The highest BCUT2D eigenvalue weighted by Crippen LogP contribution is 2.30. The minimum Gasteiger partial charge on any atom is -0.383 e. The molecule has 306 valence electrons. The van der Waals surface area contributed by atoms with Crippen molar-refractivity contribution < 1.29 is 37.3 Å². The molecule has 1 aliphatic rings. The van der Waals surface area contributed by atoms with Crippen molar-refractivity contribution in [3.63, 3.8) is 0 Å². The summed E-state index contributed by atoms with van der Waals surface area (Å²) in [6.07, 6.45) is 2.25. The molecule has 1 amide bonds. The maximum absolute atomic E-state index is 12.4. The molecule has 0 spiro atoms. The Morgan fingerprint density at radius 3 is 2.20 bits per heavy atom. The number of rotatable bonds is 14. The fourth-order valence-corrected chi connectivity index (χ4v) is 6.62. The number of aryl methyl sites for hydroxylation is 2. The lowest BCUT2D eigenvalue weighted by Gasteiger charge is -2.31. The largest absolute Gasteiger partial charge is 0.383 e. The number of nitrogens with zero attached hydrogens (tertiary/aromatic N) is 5. The SMILES string of the molecule is CCNc1nc(Cl)nc(NC(C)C)n1.CCc1cccc(C)c1N(C(=O)CCl)[C@@H](C)COC.CS(=O)(=O)c1ccc(C(=O)C2C(=O)CCCC2=O)c([N+](=O)[O-])c1. The number of hydrogen-bond donors (Lipinski definition) is 2. The number of sulfone groups is 1. The van der Waals surface area contributed by atoms with E-state index in [9.17, 15) is 37.7 Å². The number of carbonyl (C=O) groups is 4. The van der Waals surface area contributed by atoms with Crippen LogP contribution in [0.3, 0.4) is 0 Å². The second-order valence-electron chi connectivity index (χ2n) is 13.0. The van der Waals surface area contributed by atoms with Crippen LogP contribution in [0.1, 0.15) is 75.4 Å². The second-order valence-corrected chi connectivity index (χ2v) is 15.6. The number of benzene rings is 2. The highest BCUT2D eigenvalue weighted by atomic mass is 35.5. The van der Waals surface area contributed by atoms with E-state index >= 15 is 0 Å². The van der Waals surface area contributed by atoms with E-state index in [1.165, 1.54) is 0 Å². The van der Waals surface area contributed by atoms with E-state index in [1.807, 2.05) is 46.8 Å². The van der Waals surface area contributed by atoms with Gasteiger partial charge in [0.1, 0.15) is 11.8 Å². The van der Waals surface area contributed by atoms with Gasteiger partial charge >= 0.3 is 0 Å². The van der Waals surface area contributed by atoms with E-state index < -0.39 is 49.3 Å². The van der Waals surface area contributed by atoms with Gasteiger partial charge in [-0.1, -0.05) is 25.1 Å². The van der Waals surface area contributed by atoms with Crippen molar-refractivity contribution >= 4 is 79.6 Å². The summed E-state index contributed by atoms with van der Waals surface area (Å²) in [5.74, 6) is -2.73. The third kappa shape index (κ3) is 13.6. The Balaban J connectivity index is 0.000000299. The van der Waals surface area contributed by atoms with Crippen LogP contribution >= 0.6 is 23.2 Å². The molecule has 1 heterocycles. The number of halogens is 2. The molecule has 0 bridgehead atoms. The fourth-order valence-electron chi connectivity index (χ4n) is 5.69. The molecule has 1 saturated carbocycles. The fraction of sp³-hybridized carbons (Fsp3) is 0.486. The van der Waals surface area contributed by atoms with Crippen molar-refractivity contribution in [3.8, 4) is 0 Å². The minimum atomic E-state index is -3.70. The predicted octanol–water partition coefficient (Wildman–Crippen LogP) is 6.06. The summed E-state index contributed by atoms with van der Waals surface area (Å²) in [6, 6.07) is 9.10. The van der Waals surface area contributed by atoms with E-state index in [0.29, 0.717) is 24.9 Å². The number of alkyl halides is 1. The van der Waals surface area contributed by atoms with Crippen molar-refractivity contribution in [2.75, 3.05) is 47.9 Å². The van der Waals surface area contributed by atoms with Crippen LogP contribution in [0, 0.1) is 23.0 Å². The average molecular weight is 839 g/mol. The summed E-state index contributed by atoms with van der Waals surface area (Å²) in [7, 11) is -2.06. The Kier molecular flexibility index (Phi) is 18.9. The topological polar surface area (TPSA) is 221 Å². The summed E-state index contributed by atoms with van der Waals surface area (Å²) >= 11 is 11.5. The third-order valence-electron chi connectivity index (χ3n) is 8.15. The molecule has 1 aliphatic carbocycles. The molecule has 1 atom stereocenters. The molecule has 1 aromatic heterocycles. The van der Waals surface area contributed by atoms with Gasteiger partial charge < -0.3 is 20.3 Å². The lowest BCUT2D eigenvalue weighted by atomic mass is 9.81. The second kappa shape index (κ2) is 22.2. The van der Waals surface area contributed by atoms with Gasteiger partial charge in [-0.15, -0.1) is 11.6 Å². The zero-order valence-electron chi connectivity index (χ0n) is 32.7. The number of nitro benzene ring substituents is 1. The summed E-state index contributed by atoms with van der Waals surface area (Å²) in [5, 5.41) is 17.4. The molecular formula is C37H49Cl2N7O9S. The number of Topliss-reactive ketones (excluding diaryl/α,β-unsaturated/α-hetero) is 3. The monoisotopic (exact) mass is 837 g/mol. The van der Waals surface area contributed by atoms with E-state index in [1.54, 1.807) is 12.0 Å². The normalized spacial score (nSPS) is 13.5. The molecule has 56 heavy (non-hydrogen) atoms. The van der Waals surface area contributed by atoms with Crippen molar-refractivity contribution in [3.05, 3.63) is 68.5 Å². The quantitative estimate of drug-likeness (QED) is 0.0620. The van der Waals surface area contributed by atoms with Gasteiger partial charge in [0, 0.05) is 44.9 Å². The van der Waals surface area contributed by atoms with Crippen LogP contribution in [0.15, 0.2) is 41.3 Å². The Hall–Kier alpha value is -4.58. The highest BCUT2D eigenvalue weighted by molar-refractivity contribution is 7.90. The van der Waals surface area contributed by atoms with Crippen LogP contribution in [0.2, 0.25) is 5.28 Å². The van der Waals surface area contributed by atoms with Crippen LogP contribution in [-0.4, -0.2) is 96.0 Å². The number of methoxy groups -OCH3 is 1. The number of amides is 1. The zero-order valence-corrected chi connectivity index (χ0v) is 35.0. The first-order valence-corrected chi connectivity index (χ1v) is 20.6. The van der Waals surface area contributed by atoms with Crippen molar-refractivity contribution in [2.24, 2.45) is 5.92 Å². The molecule has 19 heteroatoms. The van der Waals surface area contributed by atoms with Gasteiger partial charge in [-0.2, -0.15) is 15.0 Å². The van der Waals surface area contributed by atoms with Gasteiger partial charge in [0.15, 0.2) is 27.2 Å². The molecule has 2 aromatic carbocycles. The summed E-state index contributed by atoms with van der Waals surface area (Å²) in [6.45, 7) is 13.3. The van der Waals surface area contributed by atoms with E-state index in [0.717, 1.165) is 54.2 Å². The number of para-hydroxylation sites is 1. The van der Waals surface area contributed by atoms with Gasteiger partial charge in [-0.25, -0.2) is 8.42 Å². The Labute approximate surface area is 337 Å². The molecule has 0 saturated heterocycles. The Morgan fingerprint density at radius 1 is 1.05 bits per heavy atom. The number of ether oxygens (including phenoxy) is 1. The van der Waals surface area contributed by atoms with Crippen molar-refractivity contribution in [1.29, 1.82) is 0 Å². The summed E-state index contributed by atoms with van der Waals surface area (Å²) in [5.41, 5.74) is 2.04. The van der Waals surface area contributed by atoms with Gasteiger partial charge in [-0.05, 0) is 82.3 Å². The lowest BCUT2D eigenvalue weighted by Crippen LogP contribution is -2.43. The van der Waals surface area contributed by atoms with Crippen molar-refractivity contribution in [1.82, 2.24) is 15.0 Å². The maximum Gasteiger partial charge on any atom is 0.281 e. The number of aromatic nitrogens is 3. The maximum atomic E-state index is 12.4. The number of ketones is 3. The number of nitro groups is 1. The third-order valence-corrected chi connectivity index (χ3v) is 9.66. The van der Waals surface area contributed by atoms with Crippen LogP contribution in [0.5, 0.6) is 0 Å². The molecule has 3 aromatic rings. The Morgan fingerprint density at radius 2 is 1.68 bits per heavy atom. The number of nitrogens with one attached hydrogen (secondary N) is 2. The molecule has 2 N–H and O–H groups in total. The van der Waals surface area contributed by atoms with Gasteiger partial charge in [0.05, 0.1) is 33.7 Å². The van der Waals surface area contributed by atoms with Crippen molar-refractivity contribution in [2.45, 2.75) is 84.2 Å². The van der Waals surface area contributed by atoms with Crippen LogP contribution in [0.25, 0.3) is 0 Å². The van der Waals surface area contributed by atoms with Crippen LogP contribution in [-0.2, 0) is 35.4 Å². The lowest BCUT2D eigenvalue weighted by molar-refractivity contribution is -0.385. The van der Waals surface area contributed by atoms with E-state index in [-0.39, 0.29) is 46.9 Å². The van der Waals surface area contributed by atoms with E-state index in [4.69, 9.17) is 27.9 Å². The van der Waals surface area contributed by atoms with Gasteiger partial charge in [-0.3, -0.25) is 29.3 Å². The van der Waals surface area contributed by atoms with E-state index in [2.05, 4.69) is 38.6 Å². The molecule has 0 unspecified atom stereocenters. The molecule has 16 nitrogen and oxygen atoms in total. The standard InChI is InChI=1S/C15H22ClNO2.C14H13NO7S.C8H14ClN5/c1-5-13-8-6-7-11(2)15(13)17(14(18)9-16)12(3)10-19-4;1-23(21,22)8-5-6-9(10(7-8)15(19)20)14(18)13-11(16)3-2-4-12(13)17;1-4-10-7-12-6(9)13-8(14-7)11-5(2)3/h6-8,12H,5,9-10H2,1-4H3;5-7,13H,2-4H2,1H3;5H,4H2,1-3H3,(H2,10,11,12,13,14)/t12-;;/m0../s1. The summed E-state index contributed by atoms with van der Waals surface area (Å²) < 4.78 is 28.1. The number of hydrogen-bond acceptors (Lipinski definition) is 14. The first kappa shape index (κ1) is 47.6. The highest BCUT2D eigenvalue weighted by Gasteiger charge is 2.39. The number of anilines is 3. The average Bonchev–Trinajstić information content (AvgIpc) is 3.11. The molecule has 0 radical (unpaired) electrons. The predicted molar refractivity (Wildman–Crippen MR) is 216 cm³/mol. The summed E-state index contributed by atoms with van der Waals surface area (Å²) in [4.78, 5) is 71.9. The number of carbonyl (C=O) groups excluding carboxylic acids is 4. The molecular weight excluding hydrogens is 789 g/mol. The van der Waals surface area contributed by atoms with Gasteiger partial charge in [0.2, 0.25) is 23.1 Å². The smallest absolute Gasteiger partial charge is 0.281 e. The zero-order chi connectivity index (χ0) is 42.3. The molecule has 4 rings (SSSR count). The molecule has 0 aliphatic heterocycles.